The minimum atomic E-state index is -0.836. The fraction of sp³-hybridized carbons (Fsp3) is 0.308. The number of fused-ring (bicyclic) bond motifs is 3. The molecular weight excluding hydrogens is 448 g/mol. The molecule has 2 heterocycles. The van der Waals surface area contributed by atoms with Gasteiger partial charge in [0.2, 0.25) is 0 Å². The van der Waals surface area contributed by atoms with Crippen molar-refractivity contribution in [3.8, 4) is 11.1 Å². The number of carboxylic acid groups (broad SMARTS) is 1. The molecule has 0 bridgehead atoms. The molecule has 1 aromatic heterocycles. The van der Waals surface area contributed by atoms with E-state index in [1.165, 1.54) is 4.68 Å². The predicted octanol–water partition coefficient (Wildman–Crippen LogP) is 3.72. The summed E-state index contributed by atoms with van der Waals surface area (Å²) in [5.41, 5.74) is 4.80. The number of carboxylic acids is 1. The molecule has 3 aromatic rings. The Morgan fingerprint density at radius 3 is 2.31 bits per heavy atom. The zero-order valence-electron chi connectivity index (χ0n) is 19.3. The second kappa shape index (κ2) is 9.25. The molecule has 1 fully saturated rings. The van der Waals surface area contributed by atoms with E-state index in [1.54, 1.807) is 18.1 Å². The summed E-state index contributed by atoms with van der Waals surface area (Å²) in [5.74, 6) is -0.842. The number of ether oxygens (including phenoxy) is 1. The molecule has 0 unspecified atom stereocenters. The minimum Gasteiger partial charge on any atom is -0.481 e. The van der Waals surface area contributed by atoms with E-state index in [2.05, 4.69) is 22.5 Å². The number of aliphatic carboxylic acids is 1. The molecule has 9 nitrogen and oxygen atoms in total. The molecule has 9 heteroatoms. The normalized spacial score (nSPS) is 14.7. The second-order valence-corrected chi connectivity index (χ2v) is 9.02. The number of hydrogen-bond acceptors (Lipinski definition) is 5. The largest absolute Gasteiger partial charge is 0.481 e. The van der Waals surface area contributed by atoms with Crippen LogP contribution in [-0.2, 0) is 16.6 Å². The van der Waals surface area contributed by atoms with E-state index in [0.717, 1.165) is 22.3 Å². The van der Waals surface area contributed by atoms with Gasteiger partial charge in [0.05, 0.1) is 0 Å². The van der Waals surface area contributed by atoms with Crippen LogP contribution >= 0.6 is 0 Å². The van der Waals surface area contributed by atoms with Gasteiger partial charge in [0.15, 0.2) is 5.82 Å². The van der Waals surface area contributed by atoms with Gasteiger partial charge in [0.1, 0.15) is 12.2 Å². The summed E-state index contributed by atoms with van der Waals surface area (Å²) in [6, 6.07) is 16.2. The summed E-state index contributed by atoms with van der Waals surface area (Å²) in [4.78, 5) is 38.0. The second-order valence-electron chi connectivity index (χ2n) is 9.02. The molecule has 2 N–H and O–H groups in total. The lowest BCUT2D eigenvalue weighted by Gasteiger charge is -2.39. The summed E-state index contributed by atoms with van der Waals surface area (Å²) in [5, 5.41) is 15.7. The van der Waals surface area contributed by atoms with Gasteiger partial charge in [0.25, 0.3) is 5.91 Å². The first-order valence-electron chi connectivity index (χ1n) is 11.6. The van der Waals surface area contributed by atoms with Crippen molar-refractivity contribution >= 4 is 23.8 Å². The van der Waals surface area contributed by atoms with Crippen LogP contribution in [-0.4, -0.2) is 57.5 Å². The fourth-order valence-electron chi connectivity index (χ4n) is 4.88. The molecule has 0 radical (unpaired) electrons. The number of amides is 2. The Kier molecular flexibility index (Phi) is 5.98. The number of benzene rings is 2. The van der Waals surface area contributed by atoms with Crippen LogP contribution in [0.3, 0.4) is 0 Å². The van der Waals surface area contributed by atoms with Crippen molar-refractivity contribution in [3.63, 3.8) is 0 Å². The Balaban J connectivity index is 1.22. The molecule has 5 rings (SSSR count). The first kappa shape index (κ1) is 22.6. The third kappa shape index (κ3) is 4.49. The van der Waals surface area contributed by atoms with Gasteiger partial charge in [0, 0.05) is 38.7 Å². The lowest BCUT2D eigenvalue weighted by molar-refractivity contribution is -0.137. The zero-order valence-corrected chi connectivity index (χ0v) is 19.3. The lowest BCUT2D eigenvalue weighted by atomic mass is 9.94. The maximum Gasteiger partial charge on any atom is 0.412 e. The van der Waals surface area contributed by atoms with E-state index >= 15 is 0 Å². The van der Waals surface area contributed by atoms with Crippen LogP contribution in [0.4, 0.5) is 10.6 Å². The summed E-state index contributed by atoms with van der Waals surface area (Å²) >= 11 is 0. The van der Waals surface area contributed by atoms with E-state index in [0.29, 0.717) is 19.5 Å². The number of rotatable bonds is 7. The van der Waals surface area contributed by atoms with Gasteiger partial charge in [-0.25, -0.2) is 4.79 Å². The first-order chi connectivity index (χ1) is 16.9. The summed E-state index contributed by atoms with van der Waals surface area (Å²) in [6.07, 6.45) is 1.51. The monoisotopic (exact) mass is 474 g/mol. The highest BCUT2D eigenvalue weighted by Crippen LogP contribution is 2.44. The summed E-state index contributed by atoms with van der Waals surface area (Å²) in [6.45, 7) is 1.14. The maximum atomic E-state index is 12.9. The number of carbonyl (C=O) groups is 3. The smallest absolute Gasteiger partial charge is 0.412 e. The van der Waals surface area contributed by atoms with Crippen molar-refractivity contribution in [3.05, 3.63) is 71.4 Å². The number of anilines is 1. The molecule has 2 amide bonds. The summed E-state index contributed by atoms with van der Waals surface area (Å²) in [7, 11) is 1.67. The SMILES string of the molecule is Cn1cc(C(=O)N2CC(CCC(=O)O)C2)c(NC(=O)OCC2c3ccccc3-c3ccccc32)n1. The van der Waals surface area contributed by atoms with E-state index < -0.39 is 12.1 Å². The van der Waals surface area contributed by atoms with E-state index in [9.17, 15) is 14.4 Å². The van der Waals surface area contributed by atoms with E-state index in [1.807, 2.05) is 36.4 Å². The van der Waals surface area contributed by atoms with Crippen LogP contribution in [0, 0.1) is 5.92 Å². The van der Waals surface area contributed by atoms with Gasteiger partial charge in [-0.15, -0.1) is 0 Å². The van der Waals surface area contributed by atoms with Gasteiger partial charge < -0.3 is 14.7 Å². The lowest BCUT2D eigenvalue weighted by Crippen LogP contribution is -2.50. The van der Waals surface area contributed by atoms with Crippen LogP contribution in [0.5, 0.6) is 0 Å². The third-order valence-electron chi connectivity index (χ3n) is 6.63. The average Bonchev–Trinajstić information content (AvgIpc) is 3.33. The fourth-order valence-corrected chi connectivity index (χ4v) is 4.88. The highest BCUT2D eigenvalue weighted by atomic mass is 16.5. The number of hydrogen-bond donors (Lipinski definition) is 2. The highest BCUT2D eigenvalue weighted by Gasteiger charge is 2.34. The van der Waals surface area contributed by atoms with Gasteiger partial charge in [-0.2, -0.15) is 5.10 Å². The molecule has 1 saturated heterocycles. The van der Waals surface area contributed by atoms with Crippen LogP contribution < -0.4 is 5.32 Å². The molecule has 180 valence electrons. The van der Waals surface area contributed by atoms with Gasteiger partial charge in [-0.3, -0.25) is 19.6 Å². The number of carbonyl (C=O) groups excluding carboxylic acids is 2. The minimum absolute atomic E-state index is 0.0678. The number of nitrogens with one attached hydrogen (secondary N) is 1. The Morgan fingerprint density at radius 1 is 1.06 bits per heavy atom. The molecule has 2 aromatic carbocycles. The van der Waals surface area contributed by atoms with Crippen molar-refractivity contribution in [2.24, 2.45) is 13.0 Å². The van der Waals surface area contributed by atoms with Gasteiger partial charge in [-0.05, 0) is 34.6 Å². The van der Waals surface area contributed by atoms with Gasteiger partial charge in [-0.1, -0.05) is 48.5 Å². The van der Waals surface area contributed by atoms with Gasteiger partial charge >= 0.3 is 12.1 Å². The number of aromatic nitrogens is 2. The summed E-state index contributed by atoms with van der Waals surface area (Å²) < 4.78 is 7.05. The molecule has 0 atom stereocenters. The van der Waals surface area contributed by atoms with Crippen molar-refractivity contribution in [1.82, 2.24) is 14.7 Å². The zero-order chi connectivity index (χ0) is 24.5. The maximum absolute atomic E-state index is 12.9. The first-order valence-corrected chi connectivity index (χ1v) is 11.6. The molecular formula is C26H26N4O5. The molecule has 1 aliphatic heterocycles. The topological polar surface area (TPSA) is 114 Å². The Morgan fingerprint density at radius 2 is 1.69 bits per heavy atom. The van der Waals surface area contributed by atoms with Crippen molar-refractivity contribution in [2.45, 2.75) is 18.8 Å². The quantitative estimate of drug-likeness (QED) is 0.540. The predicted molar refractivity (Wildman–Crippen MR) is 128 cm³/mol. The van der Waals surface area contributed by atoms with Crippen LogP contribution in [0.25, 0.3) is 11.1 Å². The molecule has 1 aliphatic carbocycles. The number of likely N-dealkylation sites (tertiary alicyclic amines) is 1. The third-order valence-corrected chi connectivity index (χ3v) is 6.63. The molecule has 2 aliphatic rings. The standard InChI is InChI=1S/C26H26N4O5/c1-29-14-21(25(33)30-12-16(13-30)10-11-23(31)32)24(28-29)27-26(34)35-15-22-19-8-4-2-6-17(19)18-7-3-5-9-20(18)22/h2-9,14,16,22H,10-13,15H2,1H3,(H,31,32)(H,27,28,34). The molecule has 0 saturated carbocycles. The van der Waals surface area contributed by atoms with Crippen molar-refractivity contribution in [2.75, 3.05) is 25.0 Å². The van der Waals surface area contributed by atoms with E-state index in [-0.39, 0.29) is 42.2 Å². The van der Waals surface area contributed by atoms with E-state index in [4.69, 9.17) is 9.84 Å². The van der Waals surface area contributed by atoms with Crippen molar-refractivity contribution < 1.29 is 24.2 Å². The average molecular weight is 475 g/mol. The number of aryl methyl sites for hydroxylation is 1. The van der Waals surface area contributed by atoms with Crippen molar-refractivity contribution in [1.29, 1.82) is 0 Å². The number of nitrogens with zero attached hydrogens (tertiary/aromatic N) is 3. The Bertz CT molecular complexity index is 1250. The highest BCUT2D eigenvalue weighted by molar-refractivity contribution is 6.01. The van der Waals surface area contributed by atoms with Crippen LogP contribution in [0.2, 0.25) is 0 Å². The van der Waals surface area contributed by atoms with Crippen LogP contribution in [0.15, 0.2) is 54.7 Å². The molecule has 0 spiro atoms. The van der Waals surface area contributed by atoms with Crippen LogP contribution in [0.1, 0.15) is 40.2 Å². The molecule has 35 heavy (non-hydrogen) atoms. The Labute approximate surface area is 202 Å². The Hall–Kier alpha value is -4.14.